The van der Waals surface area contributed by atoms with Gasteiger partial charge in [0.25, 0.3) is 5.91 Å². The van der Waals surface area contributed by atoms with Crippen LogP contribution in [-0.2, 0) is 0 Å². The molecule has 0 aliphatic carbocycles. The third-order valence-electron chi connectivity index (χ3n) is 2.79. The molecule has 1 heterocycles. The average Bonchev–Trinajstić information content (AvgIpc) is 2.36. The summed E-state index contributed by atoms with van der Waals surface area (Å²) in [6.07, 6.45) is 1.49. The smallest absolute Gasteiger partial charge is 0.253 e. The number of carbonyl (C=O) groups is 1. The van der Waals surface area contributed by atoms with Gasteiger partial charge in [-0.15, -0.1) is 0 Å². The van der Waals surface area contributed by atoms with Gasteiger partial charge in [-0.3, -0.25) is 4.79 Å². The Morgan fingerprint density at radius 1 is 1.44 bits per heavy atom. The standard InChI is InChI=1S/C13H20ClN3O/c1-4-17(5-2)9-10(3)16-13(18)11-6-7-12(14)15-8-11/h6-8,10H,4-5,9H2,1-3H3,(H,16,18). The highest BCUT2D eigenvalue weighted by atomic mass is 35.5. The molecule has 1 unspecified atom stereocenters. The summed E-state index contributed by atoms with van der Waals surface area (Å²) in [4.78, 5) is 18.1. The lowest BCUT2D eigenvalue weighted by atomic mass is 10.2. The number of hydrogen-bond donors (Lipinski definition) is 1. The van der Waals surface area contributed by atoms with E-state index in [-0.39, 0.29) is 11.9 Å². The van der Waals surface area contributed by atoms with E-state index in [4.69, 9.17) is 11.6 Å². The topological polar surface area (TPSA) is 45.2 Å². The highest BCUT2D eigenvalue weighted by molar-refractivity contribution is 6.29. The lowest BCUT2D eigenvalue weighted by molar-refractivity contribution is 0.0930. The molecule has 0 aliphatic rings. The zero-order valence-electron chi connectivity index (χ0n) is 11.1. The second-order valence-electron chi connectivity index (χ2n) is 4.23. The molecular formula is C13H20ClN3O. The molecule has 0 saturated heterocycles. The van der Waals surface area contributed by atoms with Gasteiger partial charge in [-0.1, -0.05) is 25.4 Å². The lowest BCUT2D eigenvalue weighted by Crippen LogP contribution is -2.41. The fourth-order valence-electron chi connectivity index (χ4n) is 1.73. The lowest BCUT2D eigenvalue weighted by Gasteiger charge is -2.23. The van der Waals surface area contributed by atoms with Crippen LogP contribution in [0.4, 0.5) is 0 Å². The van der Waals surface area contributed by atoms with Crippen LogP contribution in [0.3, 0.4) is 0 Å². The first kappa shape index (κ1) is 14.9. The molecule has 0 spiro atoms. The maximum atomic E-state index is 11.9. The Labute approximate surface area is 113 Å². The molecule has 0 aromatic carbocycles. The van der Waals surface area contributed by atoms with Crippen LogP contribution in [-0.4, -0.2) is 41.5 Å². The largest absolute Gasteiger partial charge is 0.348 e. The van der Waals surface area contributed by atoms with Gasteiger partial charge in [0.2, 0.25) is 0 Å². The van der Waals surface area contributed by atoms with Gasteiger partial charge in [0.15, 0.2) is 0 Å². The van der Waals surface area contributed by atoms with Crippen LogP contribution in [0.15, 0.2) is 18.3 Å². The van der Waals surface area contributed by atoms with Crippen molar-refractivity contribution in [3.63, 3.8) is 0 Å². The molecular weight excluding hydrogens is 250 g/mol. The number of pyridine rings is 1. The SMILES string of the molecule is CCN(CC)CC(C)NC(=O)c1ccc(Cl)nc1. The first-order valence-electron chi connectivity index (χ1n) is 6.21. The van der Waals surface area contributed by atoms with Crippen LogP contribution < -0.4 is 5.32 Å². The van der Waals surface area contributed by atoms with Crippen molar-refractivity contribution in [3.05, 3.63) is 29.0 Å². The molecule has 0 saturated carbocycles. The molecule has 0 radical (unpaired) electrons. The summed E-state index contributed by atoms with van der Waals surface area (Å²) in [5.41, 5.74) is 0.533. The van der Waals surface area contributed by atoms with E-state index in [1.165, 1.54) is 6.20 Å². The second kappa shape index (κ2) is 7.34. The molecule has 1 N–H and O–H groups in total. The van der Waals surface area contributed by atoms with Crippen molar-refractivity contribution in [2.45, 2.75) is 26.8 Å². The monoisotopic (exact) mass is 269 g/mol. The first-order chi connectivity index (χ1) is 8.56. The Morgan fingerprint density at radius 3 is 2.61 bits per heavy atom. The Kier molecular flexibility index (Phi) is 6.09. The summed E-state index contributed by atoms with van der Waals surface area (Å²) in [6, 6.07) is 3.40. The Hall–Kier alpha value is -1.13. The third-order valence-corrected chi connectivity index (χ3v) is 3.02. The number of rotatable bonds is 6. The van der Waals surface area contributed by atoms with Crippen molar-refractivity contribution >= 4 is 17.5 Å². The molecule has 0 bridgehead atoms. The quantitative estimate of drug-likeness (QED) is 0.806. The van der Waals surface area contributed by atoms with E-state index >= 15 is 0 Å². The maximum Gasteiger partial charge on any atom is 0.253 e. The van der Waals surface area contributed by atoms with Gasteiger partial charge in [-0.25, -0.2) is 4.98 Å². The molecule has 1 aromatic rings. The number of aromatic nitrogens is 1. The molecule has 1 amide bonds. The maximum absolute atomic E-state index is 11.9. The van der Waals surface area contributed by atoms with Gasteiger partial charge < -0.3 is 10.2 Å². The Bertz CT molecular complexity index is 376. The van der Waals surface area contributed by atoms with Gasteiger partial charge in [0.05, 0.1) is 5.56 Å². The minimum atomic E-state index is -0.112. The van der Waals surface area contributed by atoms with Crippen LogP contribution in [0, 0.1) is 0 Å². The van der Waals surface area contributed by atoms with E-state index in [1.807, 2.05) is 6.92 Å². The van der Waals surface area contributed by atoms with E-state index in [0.717, 1.165) is 19.6 Å². The number of carbonyl (C=O) groups excluding carboxylic acids is 1. The third kappa shape index (κ3) is 4.63. The molecule has 18 heavy (non-hydrogen) atoms. The predicted octanol–water partition coefficient (Wildman–Crippen LogP) is 2.20. The molecule has 1 aromatic heterocycles. The van der Waals surface area contributed by atoms with Crippen molar-refractivity contribution in [2.24, 2.45) is 0 Å². The van der Waals surface area contributed by atoms with Crippen molar-refractivity contribution in [1.29, 1.82) is 0 Å². The second-order valence-corrected chi connectivity index (χ2v) is 4.62. The summed E-state index contributed by atoms with van der Waals surface area (Å²) in [7, 11) is 0. The summed E-state index contributed by atoms with van der Waals surface area (Å²) >= 11 is 5.68. The zero-order valence-corrected chi connectivity index (χ0v) is 11.9. The summed E-state index contributed by atoms with van der Waals surface area (Å²) in [5.74, 6) is -0.112. The highest BCUT2D eigenvalue weighted by Gasteiger charge is 2.12. The Morgan fingerprint density at radius 2 is 2.11 bits per heavy atom. The number of likely N-dealkylation sites (N-methyl/N-ethyl adjacent to an activating group) is 1. The van der Waals surface area contributed by atoms with Gasteiger partial charge in [0, 0.05) is 18.8 Å². The molecule has 1 atom stereocenters. The highest BCUT2D eigenvalue weighted by Crippen LogP contribution is 2.05. The fraction of sp³-hybridized carbons (Fsp3) is 0.538. The minimum Gasteiger partial charge on any atom is -0.348 e. The van der Waals surface area contributed by atoms with E-state index < -0.39 is 0 Å². The van der Waals surface area contributed by atoms with Crippen molar-refractivity contribution in [3.8, 4) is 0 Å². The number of amides is 1. The van der Waals surface area contributed by atoms with Gasteiger partial charge in [0.1, 0.15) is 5.15 Å². The molecule has 1 rings (SSSR count). The minimum absolute atomic E-state index is 0.105. The molecule has 0 fully saturated rings. The van der Waals surface area contributed by atoms with E-state index in [1.54, 1.807) is 12.1 Å². The number of nitrogens with one attached hydrogen (secondary N) is 1. The Balaban J connectivity index is 2.51. The van der Waals surface area contributed by atoms with Crippen LogP contribution in [0.5, 0.6) is 0 Å². The fourth-order valence-corrected chi connectivity index (χ4v) is 1.84. The van der Waals surface area contributed by atoms with E-state index in [2.05, 4.69) is 29.0 Å². The van der Waals surface area contributed by atoms with E-state index in [0.29, 0.717) is 10.7 Å². The average molecular weight is 270 g/mol. The number of hydrogen-bond acceptors (Lipinski definition) is 3. The first-order valence-corrected chi connectivity index (χ1v) is 6.59. The van der Waals surface area contributed by atoms with Gasteiger partial charge in [-0.2, -0.15) is 0 Å². The van der Waals surface area contributed by atoms with Crippen molar-refractivity contribution < 1.29 is 4.79 Å². The molecule has 0 aliphatic heterocycles. The van der Waals surface area contributed by atoms with Crippen LogP contribution in [0.25, 0.3) is 0 Å². The molecule has 100 valence electrons. The van der Waals surface area contributed by atoms with Crippen molar-refractivity contribution in [2.75, 3.05) is 19.6 Å². The summed E-state index contributed by atoms with van der Waals surface area (Å²) in [6.45, 7) is 9.04. The van der Waals surface area contributed by atoms with E-state index in [9.17, 15) is 4.79 Å². The summed E-state index contributed by atoms with van der Waals surface area (Å²) < 4.78 is 0. The van der Waals surface area contributed by atoms with Crippen LogP contribution in [0.2, 0.25) is 5.15 Å². The zero-order chi connectivity index (χ0) is 13.5. The number of nitrogens with zero attached hydrogens (tertiary/aromatic N) is 2. The number of halogens is 1. The van der Waals surface area contributed by atoms with Gasteiger partial charge in [-0.05, 0) is 32.1 Å². The van der Waals surface area contributed by atoms with Crippen molar-refractivity contribution in [1.82, 2.24) is 15.2 Å². The van der Waals surface area contributed by atoms with Crippen LogP contribution >= 0.6 is 11.6 Å². The molecule has 4 nitrogen and oxygen atoms in total. The summed E-state index contributed by atoms with van der Waals surface area (Å²) in [5, 5.41) is 3.34. The van der Waals surface area contributed by atoms with Crippen LogP contribution in [0.1, 0.15) is 31.1 Å². The predicted molar refractivity (Wildman–Crippen MR) is 74.0 cm³/mol. The van der Waals surface area contributed by atoms with Gasteiger partial charge >= 0.3 is 0 Å². The molecule has 5 heteroatoms. The normalized spacial score (nSPS) is 12.5.